The van der Waals surface area contributed by atoms with Crippen LogP contribution in [-0.2, 0) is 0 Å². The van der Waals surface area contributed by atoms with E-state index in [1.807, 2.05) is 0 Å². The monoisotopic (exact) mass is 196 g/mol. The van der Waals surface area contributed by atoms with Crippen molar-refractivity contribution >= 4 is 0 Å². The molecule has 1 atom stereocenters. The molecule has 1 unspecified atom stereocenters. The van der Waals surface area contributed by atoms with E-state index >= 15 is 0 Å². The van der Waals surface area contributed by atoms with E-state index < -0.39 is 0 Å². The van der Waals surface area contributed by atoms with Gasteiger partial charge in [0, 0.05) is 0 Å². The molecular weight excluding hydrogens is 168 g/mol. The number of hydrogen-bond acceptors (Lipinski definition) is 0. The van der Waals surface area contributed by atoms with Gasteiger partial charge in [0.1, 0.15) is 0 Å². The van der Waals surface area contributed by atoms with Gasteiger partial charge in [-0.1, -0.05) is 59.8 Å². The molecule has 0 amide bonds. The van der Waals surface area contributed by atoms with Gasteiger partial charge in [-0.15, -0.1) is 0 Å². The molecule has 0 aromatic rings. The maximum Gasteiger partial charge on any atom is -0.0275 e. The molecule has 0 nitrogen and oxygen atoms in total. The summed E-state index contributed by atoms with van der Waals surface area (Å²) in [6.07, 6.45) is 11.5. The van der Waals surface area contributed by atoms with Gasteiger partial charge in [-0.25, -0.2) is 0 Å². The van der Waals surface area contributed by atoms with Crippen LogP contribution in [0.2, 0.25) is 0 Å². The standard InChI is InChI=1S/C14H28/c1-5-6-7-11-14(4)12-9-8-10-13(14,2)3/h5-12H2,1-4H3. The molecule has 0 N–H and O–H groups in total. The van der Waals surface area contributed by atoms with Gasteiger partial charge in [-0.3, -0.25) is 0 Å². The molecule has 1 aliphatic carbocycles. The third-order valence-electron chi connectivity index (χ3n) is 4.75. The summed E-state index contributed by atoms with van der Waals surface area (Å²) < 4.78 is 0. The van der Waals surface area contributed by atoms with Crippen LogP contribution < -0.4 is 0 Å². The van der Waals surface area contributed by atoms with Gasteiger partial charge >= 0.3 is 0 Å². The van der Waals surface area contributed by atoms with Gasteiger partial charge in [0.25, 0.3) is 0 Å². The van der Waals surface area contributed by atoms with Crippen molar-refractivity contribution in [3.8, 4) is 0 Å². The first kappa shape index (κ1) is 12.1. The van der Waals surface area contributed by atoms with Crippen molar-refractivity contribution < 1.29 is 0 Å². The van der Waals surface area contributed by atoms with Crippen molar-refractivity contribution in [3.63, 3.8) is 0 Å². The van der Waals surface area contributed by atoms with Crippen LogP contribution in [0.3, 0.4) is 0 Å². The van der Waals surface area contributed by atoms with Gasteiger partial charge < -0.3 is 0 Å². The summed E-state index contributed by atoms with van der Waals surface area (Å²) in [5.74, 6) is 0. The Morgan fingerprint density at radius 1 is 0.929 bits per heavy atom. The fourth-order valence-electron chi connectivity index (χ4n) is 2.95. The molecule has 0 aromatic heterocycles. The molecule has 84 valence electrons. The Labute approximate surface area is 90.5 Å². The second-order valence-electron chi connectivity index (χ2n) is 6.11. The van der Waals surface area contributed by atoms with Crippen LogP contribution in [0, 0.1) is 10.8 Å². The number of rotatable bonds is 4. The topological polar surface area (TPSA) is 0 Å². The molecule has 0 aromatic carbocycles. The molecule has 0 heteroatoms. The first-order valence-electron chi connectivity index (χ1n) is 6.52. The minimum Gasteiger partial charge on any atom is -0.0654 e. The van der Waals surface area contributed by atoms with Crippen molar-refractivity contribution in [3.05, 3.63) is 0 Å². The second kappa shape index (κ2) is 4.68. The summed E-state index contributed by atoms with van der Waals surface area (Å²) in [5, 5.41) is 0. The van der Waals surface area contributed by atoms with Gasteiger partial charge in [-0.05, 0) is 30.1 Å². The van der Waals surface area contributed by atoms with Gasteiger partial charge in [0.2, 0.25) is 0 Å². The van der Waals surface area contributed by atoms with Crippen LogP contribution >= 0.6 is 0 Å². The Kier molecular flexibility index (Phi) is 4.04. The highest BCUT2D eigenvalue weighted by Crippen LogP contribution is 2.52. The van der Waals surface area contributed by atoms with E-state index in [9.17, 15) is 0 Å². The van der Waals surface area contributed by atoms with Crippen molar-refractivity contribution in [1.82, 2.24) is 0 Å². The van der Waals surface area contributed by atoms with E-state index in [-0.39, 0.29) is 0 Å². The summed E-state index contributed by atoms with van der Waals surface area (Å²) in [7, 11) is 0. The van der Waals surface area contributed by atoms with Crippen molar-refractivity contribution in [2.75, 3.05) is 0 Å². The van der Waals surface area contributed by atoms with E-state index in [0.29, 0.717) is 10.8 Å². The molecule has 0 heterocycles. The van der Waals surface area contributed by atoms with Crippen molar-refractivity contribution in [2.45, 2.75) is 79.1 Å². The van der Waals surface area contributed by atoms with E-state index in [1.54, 1.807) is 0 Å². The molecule has 0 saturated heterocycles. The lowest BCUT2D eigenvalue weighted by molar-refractivity contribution is 0.0226. The molecule has 1 fully saturated rings. The lowest BCUT2D eigenvalue weighted by atomic mass is 9.57. The van der Waals surface area contributed by atoms with E-state index in [2.05, 4.69) is 27.7 Å². The average Bonchev–Trinajstić information content (AvgIpc) is 2.11. The molecule has 0 spiro atoms. The summed E-state index contributed by atoms with van der Waals surface area (Å²) in [4.78, 5) is 0. The summed E-state index contributed by atoms with van der Waals surface area (Å²) in [6, 6.07) is 0. The van der Waals surface area contributed by atoms with E-state index in [1.165, 1.54) is 51.4 Å². The lowest BCUT2D eigenvalue weighted by Gasteiger charge is -2.48. The summed E-state index contributed by atoms with van der Waals surface area (Å²) in [6.45, 7) is 9.80. The Balaban J connectivity index is 2.51. The Morgan fingerprint density at radius 2 is 1.57 bits per heavy atom. The van der Waals surface area contributed by atoms with Gasteiger partial charge in [0.15, 0.2) is 0 Å². The van der Waals surface area contributed by atoms with E-state index in [4.69, 9.17) is 0 Å². The van der Waals surface area contributed by atoms with Crippen molar-refractivity contribution in [2.24, 2.45) is 10.8 Å². The molecule has 1 rings (SSSR count). The molecule has 14 heavy (non-hydrogen) atoms. The molecule has 1 aliphatic rings. The predicted octanol–water partition coefficient (Wildman–Crippen LogP) is 5.17. The fraction of sp³-hybridized carbons (Fsp3) is 1.00. The summed E-state index contributed by atoms with van der Waals surface area (Å²) >= 11 is 0. The largest absolute Gasteiger partial charge is 0.0654 e. The zero-order valence-electron chi connectivity index (χ0n) is 10.7. The van der Waals surface area contributed by atoms with Crippen molar-refractivity contribution in [1.29, 1.82) is 0 Å². The average molecular weight is 196 g/mol. The zero-order valence-corrected chi connectivity index (χ0v) is 10.7. The SMILES string of the molecule is CCCCCC1(C)CCCCC1(C)C. The summed E-state index contributed by atoms with van der Waals surface area (Å²) in [5.41, 5.74) is 1.21. The van der Waals surface area contributed by atoms with Crippen LogP contribution in [0.15, 0.2) is 0 Å². The minimum absolute atomic E-state index is 0.582. The second-order valence-corrected chi connectivity index (χ2v) is 6.11. The van der Waals surface area contributed by atoms with Crippen LogP contribution in [-0.4, -0.2) is 0 Å². The molecule has 0 aliphatic heterocycles. The van der Waals surface area contributed by atoms with Gasteiger partial charge in [0.05, 0.1) is 0 Å². The predicted molar refractivity (Wildman–Crippen MR) is 64.5 cm³/mol. The molecular formula is C14H28. The number of hydrogen-bond donors (Lipinski definition) is 0. The van der Waals surface area contributed by atoms with Crippen LogP contribution in [0.1, 0.15) is 79.1 Å². The van der Waals surface area contributed by atoms with Gasteiger partial charge in [-0.2, -0.15) is 0 Å². The maximum atomic E-state index is 2.53. The first-order valence-corrected chi connectivity index (χ1v) is 6.52. The minimum atomic E-state index is 0.582. The third-order valence-corrected chi connectivity index (χ3v) is 4.75. The smallest absolute Gasteiger partial charge is 0.0275 e. The lowest BCUT2D eigenvalue weighted by Crippen LogP contribution is -2.38. The van der Waals surface area contributed by atoms with Crippen LogP contribution in [0.25, 0.3) is 0 Å². The maximum absolute atomic E-state index is 2.53. The quantitative estimate of drug-likeness (QED) is 0.544. The zero-order chi connectivity index (χ0) is 10.7. The Morgan fingerprint density at radius 3 is 2.14 bits per heavy atom. The molecule has 0 bridgehead atoms. The van der Waals surface area contributed by atoms with E-state index in [0.717, 1.165) is 0 Å². The Hall–Kier alpha value is 0. The number of unbranched alkanes of at least 4 members (excludes halogenated alkanes) is 2. The normalized spacial score (nSPS) is 31.7. The molecule has 0 radical (unpaired) electrons. The fourth-order valence-corrected chi connectivity index (χ4v) is 2.95. The van der Waals surface area contributed by atoms with Crippen LogP contribution in [0.4, 0.5) is 0 Å². The highest BCUT2D eigenvalue weighted by molar-refractivity contribution is 4.92. The highest BCUT2D eigenvalue weighted by Gasteiger charge is 2.41. The highest BCUT2D eigenvalue weighted by atomic mass is 14.5. The van der Waals surface area contributed by atoms with Crippen LogP contribution in [0.5, 0.6) is 0 Å². The Bertz CT molecular complexity index is 169. The first-order chi connectivity index (χ1) is 6.52. The third kappa shape index (κ3) is 2.52. The molecule has 1 saturated carbocycles.